The summed E-state index contributed by atoms with van der Waals surface area (Å²) >= 11 is 0. The number of carboxylic acid groups (broad SMARTS) is 1. The molecule has 2 atom stereocenters. The second kappa shape index (κ2) is 4.61. The summed E-state index contributed by atoms with van der Waals surface area (Å²) in [4.78, 5) is 25.6. The molecule has 0 radical (unpaired) electrons. The Kier molecular flexibility index (Phi) is 3.03. The minimum Gasteiger partial charge on any atom is -0.481 e. The quantitative estimate of drug-likeness (QED) is 0.891. The van der Waals surface area contributed by atoms with Crippen LogP contribution in [0.1, 0.15) is 28.9 Å². The normalized spacial score (nSPS) is 26.0. The molecule has 20 heavy (non-hydrogen) atoms. The third kappa shape index (κ3) is 2.19. The van der Waals surface area contributed by atoms with Crippen LogP contribution in [0.2, 0.25) is 0 Å². The maximum atomic E-state index is 12.5. The molecule has 1 aromatic rings. The summed E-state index contributed by atoms with van der Waals surface area (Å²) in [7, 11) is 1.78. The third-order valence-electron chi connectivity index (χ3n) is 4.44. The second-order valence-electron chi connectivity index (χ2n) is 5.96. The van der Waals surface area contributed by atoms with Crippen molar-refractivity contribution in [1.82, 2.24) is 14.7 Å². The van der Waals surface area contributed by atoms with Crippen LogP contribution in [0.25, 0.3) is 0 Å². The number of aromatic nitrogens is 2. The molecule has 3 rings (SSSR count). The summed E-state index contributed by atoms with van der Waals surface area (Å²) < 4.78 is 1.62. The number of aryl methyl sites for hydroxylation is 2. The van der Waals surface area contributed by atoms with Crippen LogP contribution in [0.3, 0.4) is 0 Å². The Bertz CT molecular complexity index is 562. The molecule has 1 aromatic heterocycles. The zero-order valence-corrected chi connectivity index (χ0v) is 11.7. The lowest BCUT2D eigenvalue weighted by Gasteiger charge is -2.15. The number of hydrogen-bond donors (Lipinski definition) is 1. The van der Waals surface area contributed by atoms with Crippen molar-refractivity contribution in [2.75, 3.05) is 13.1 Å². The first-order valence-corrected chi connectivity index (χ1v) is 6.99. The van der Waals surface area contributed by atoms with Gasteiger partial charge in [0.2, 0.25) is 0 Å². The maximum absolute atomic E-state index is 12.5. The van der Waals surface area contributed by atoms with Gasteiger partial charge in [-0.1, -0.05) is 0 Å². The Hall–Kier alpha value is -1.85. The van der Waals surface area contributed by atoms with Crippen LogP contribution in [0.4, 0.5) is 0 Å². The molecule has 108 valence electrons. The molecule has 1 aliphatic carbocycles. The van der Waals surface area contributed by atoms with Gasteiger partial charge in [-0.15, -0.1) is 0 Å². The van der Waals surface area contributed by atoms with Gasteiger partial charge in [-0.25, -0.2) is 0 Å². The molecule has 0 bridgehead atoms. The van der Waals surface area contributed by atoms with Crippen LogP contribution in [0.15, 0.2) is 6.20 Å². The van der Waals surface area contributed by atoms with Gasteiger partial charge in [-0.05, 0) is 31.6 Å². The summed E-state index contributed by atoms with van der Waals surface area (Å²) in [6.07, 6.45) is 3.91. The topological polar surface area (TPSA) is 75.4 Å². The molecule has 1 saturated carbocycles. The SMILES string of the molecule is Cc1nn(C)cc1C(=O)N1C[C@H](C(=O)O)[C@@H](C2CC2)C1. The van der Waals surface area contributed by atoms with E-state index in [9.17, 15) is 14.7 Å². The molecular weight excluding hydrogens is 258 g/mol. The van der Waals surface area contributed by atoms with Crippen LogP contribution in [0, 0.1) is 24.7 Å². The van der Waals surface area contributed by atoms with E-state index in [1.807, 2.05) is 0 Å². The van der Waals surface area contributed by atoms with E-state index in [1.165, 1.54) is 0 Å². The molecule has 0 spiro atoms. The predicted octanol–water partition coefficient (Wildman–Crippen LogP) is 0.911. The van der Waals surface area contributed by atoms with Crippen LogP contribution < -0.4 is 0 Å². The van der Waals surface area contributed by atoms with Crippen molar-refractivity contribution in [2.45, 2.75) is 19.8 Å². The highest BCUT2D eigenvalue weighted by Gasteiger charge is 2.47. The fourth-order valence-corrected chi connectivity index (χ4v) is 3.24. The summed E-state index contributed by atoms with van der Waals surface area (Å²) in [6.45, 7) is 2.69. The van der Waals surface area contributed by atoms with Gasteiger partial charge in [0.15, 0.2) is 0 Å². The first kappa shape index (κ1) is 13.1. The van der Waals surface area contributed by atoms with E-state index < -0.39 is 11.9 Å². The smallest absolute Gasteiger partial charge is 0.308 e. The fourth-order valence-electron chi connectivity index (χ4n) is 3.24. The number of nitrogens with zero attached hydrogens (tertiary/aromatic N) is 3. The molecule has 1 amide bonds. The van der Waals surface area contributed by atoms with E-state index in [4.69, 9.17) is 0 Å². The van der Waals surface area contributed by atoms with Crippen LogP contribution in [-0.4, -0.2) is 44.8 Å². The van der Waals surface area contributed by atoms with Crippen molar-refractivity contribution >= 4 is 11.9 Å². The molecule has 0 unspecified atom stereocenters. The first-order valence-electron chi connectivity index (χ1n) is 6.99. The number of hydrogen-bond acceptors (Lipinski definition) is 3. The van der Waals surface area contributed by atoms with Gasteiger partial charge >= 0.3 is 5.97 Å². The van der Waals surface area contributed by atoms with E-state index in [1.54, 1.807) is 29.7 Å². The molecule has 6 heteroatoms. The molecule has 2 aliphatic rings. The summed E-state index contributed by atoms with van der Waals surface area (Å²) in [6, 6.07) is 0. The van der Waals surface area contributed by atoms with Crippen molar-refractivity contribution in [2.24, 2.45) is 24.8 Å². The molecule has 1 N–H and O–H groups in total. The number of aliphatic carboxylic acids is 1. The molecule has 0 aromatic carbocycles. The third-order valence-corrected chi connectivity index (χ3v) is 4.44. The van der Waals surface area contributed by atoms with E-state index in [2.05, 4.69) is 5.10 Å². The summed E-state index contributed by atoms with van der Waals surface area (Å²) in [5.74, 6) is -0.675. The number of amides is 1. The highest BCUT2D eigenvalue weighted by Crippen LogP contribution is 2.44. The lowest BCUT2D eigenvalue weighted by molar-refractivity contribution is -0.142. The zero-order chi connectivity index (χ0) is 14.4. The Balaban J connectivity index is 1.79. The van der Waals surface area contributed by atoms with Crippen molar-refractivity contribution in [3.8, 4) is 0 Å². The lowest BCUT2D eigenvalue weighted by atomic mass is 9.92. The molecule has 2 fully saturated rings. The minimum absolute atomic E-state index is 0.0926. The Morgan fingerprint density at radius 3 is 2.55 bits per heavy atom. The molecule has 2 heterocycles. The summed E-state index contributed by atoms with van der Waals surface area (Å²) in [5, 5.41) is 13.5. The number of carbonyl (C=O) groups excluding carboxylic acids is 1. The van der Waals surface area contributed by atoms with Crippen molar-refractivity contribution in [3.05, 3.63) is 17.5 Å². The average molecular weight is 277 g/mol. The first-order chi connectivity index (χ1) is 9.47. The number of carbonyl (C=O) groups is 2. The highest BCUT2D eigenvalue weighted by molar-refractivity contribution is 5.95. The number of rotatable bonds is 3. The Morgan fingerprint density at radius 2 is 2.05 bits per heavy atom. The van der Waals surface area contributed by atoms with E-state index in [0.29, 0.717) is 30.3 Å². The van der Waals surface area contributed by atoms with Gasteiger partial charge in [0.1, 0.15) is 0 Å². The van der Waals surface area contributed by atoms with Crippen LogP contribution >= 0.6 is 0 Å². The average Bonchev–Trinajstić information content (AvgIpc) is 3.03. The maximum Gasteiger partial charge on any atom is 0.308 e. The fraction of sp³-hybridized carbons (Fsp3) is 0.643. The number of likely N-dealkylation sites (tertiary alicyclic amines) is 1. The number of carboxylic acids is 1. The largest absolute Gasteiger partial charge is 0.481 e. The van der Waals surface area contributed by atoms with Crippen molar-refractivity contribution in [3.63, 3.8) is 0 Å². The van der Waals surface area contributed by atoms with Gasteiger partial charge in [0, 0.05) is 26.3 Å². The van der Waals surface area contributed by atoms with Crippen LogP contribution in [0.5, 0.6) is 0 Å². The monoisotopic (exact) mass is 277 g/mol. The van der Waals surface area contributed by atoms with Gasteiger partial charge < -0.3 is 10.0 Å². The van der Waals surface area contributed by atoms with Gasteiger partial charge in [-0.2, -0.15) is 5.10 Å². The van der Waals surface area contributed by atoms with E-state index in [-0.39, 0.29) is 11.8 Å². The lowest BCUT2D eigenvalue weighted by Crippen LogP contribution is -2.30. The van der Waals surface area contributed by atoms with Crippen LogP contribution in [-0.2, 0) is 11.8 Å². The second-order valence-corrected chi connectivity index (χ2v) is 5.96. The van der Waals surface area contributed by atoms with Crippen molar-refractivity contribution < 1.29 is 14.7 Å². The highest BCUT2D eigenvalue weighted by atomic mass is 16.4. The standard InChI is InChI=1S/C14H19N3O3/c1-8-10(5-16(2)15-8)13(18)17-6-11(9-3-4-9)12(7-17)14(19)20/h5,9,11-12H,3-4,6-7H2,1-2H3,(H,19,20)/t11-,12+/m1/s1. The molecule has 1 aliphatic heterocycles. The van der Waals surface area contributed by atoms with Gasteiger partial charge in [-0.3, -0.25) is 14.3 Å². The van der Waals surface area contributed by atoms with E-state index in [0.717, 1.165) is 12.8 Å². The van der Waals surface area contributed by atoms with Gasteiger partial charge in [0.05, 0.1) is 17.2 Å². The molecular formula is C14H19N3O3. The minimum atomic E-state index is -0.778. The Morgan fingerprint density at radius 1 is 1.35 bits per heavy atom. The van der Waals surface area contributed by atoms with E-state index >= 15 is 0 Å². The zero-order valence-electron chi connectivity index (χ0n) is 11.7. The van der Waals surface area contributed by atoms with Crippen molar-refractivity contribution in [1.29, 1.82) is 0 Å². The Labute approximate surface area is 117 Å². The van der Waals surface area contributed by atoms with Gasteiger partial charge in [0.25, 0.3) is 5.91 Å². The molecule has 6 nitrogen and oxygen atoms in total. The molecule has 1 saturated heterocycles. The summed E-state index contributed by atoms with van der Waals surface area (Å²) in [5.41, 5.74) is 1.27. The predicted molar refractivity (Wildman–Crippen MR) is 71.2 cm³/mol.